The fraction of sp³-hybridized carbons (Fsp3) is 0.231. The molecule has 36 heavy (non-hydrogen) atoms. The standard InChI is InChI=1S/C26H27Cl2N3O4S/c1-4-18(3)29-26(33)21-7-5-6-8-24(21)30-25(32)16-31(19-11-14-22(27)23(28)15-19)36(34,35)20-12-9-17(2)10-13-20/h5-15,18H,4,16H2,1-3H3,(H,29,33)(H,30,32)/t18-/m0/s1. The predicted octanol–water partition coefficient (Wildman–Crippen LogP) is 5.66. The lowest BCUT2D eigenvalue weighted by Gasteiger charge is -2.25. The molecule has 0 radical (unpaired) electrons. The second kappa shape index (κ2) is 11.8. The summed E-state index contributed by atoms with van der Waals surface area (Å²) in [7, 11) is -4.14. The molecular weight excluding hydrogens is 521 g/mol. The number of hydrogen-bond donors (Lipinski definition) is 2. The van der Waals surface area contributed by atoms with E-state index in [1.165, 1.54) is 30.3 Å². The van der Waals surface area contributed by atoms with Crippen molar-refractivity contribution in [3.63, 3.8) is 0 Å². The third kappa shape index (κ3) is 6.57. The van der Waals surface area contributed by atoms with Crippen LogP contribution in [0.2, 0.25) is 10.0 Å². The number of benzene rings is 3. The second-order valence-electron chi connectivity index (χ2n) is 8.30. The van der Waals surface area contributed by atoms with Crippen LogP contribution in [-0.2, 0) is 14.8 Å². The van der Waals surface area contributed by atoms with Gasteiger partial charge in [-0.25, -0.2) is 8.42 Å². The van der Waals surface area contributed by atoms with Crippen molar-refractivity contribution in [1.82, 2.24) is 5.32 Å². The first-order valence-electron chi connectivity index (χ1n) is 11.3. The summed E-state index contributed by atoms with van der Waals surface area (Å²) in [5, 5.41) is 5.93. The lowest BCUT2D eigenvalue weighted by Crippen LogP contribution is -2.38. The van der Waals surface area contributed by atoms with E-state index in [2.05, 4.69) is 10.6 Å². The molecule has 0 saturated carbocycles. The average molecular weight is 548 g/mol. The quantitative estimate of drug-likeness (QED) is 0.361. The van der Waals surface area contributed by atoms with Crippen LogP contribution in [-0.4, -0.2) is 32.8 Å². The Morgan fingerprint density at radius 1 is 0.972 bits per heavy atom. The first-order chi connectivity index (χ1) is 17.0. The maximum Gasteiger partial charge on any atom is 0.264 e. The summed E-state index contributed by atoms with van der Waals surface area (Å²) in [5.74, 6) is -0.977. The monoisotopic (exact) mass is 547 g/mol. The van der Waals surface area contributed by atoms with Crippen LogP contribution >= 0.6 is 23.2 Å². The fourth-order valence-corrected chi connectivity index (χ4v) is 5.01. The lowest BCUT2D eigenvalue weighted by molar-refractivity contribution is -0.114. The Balaban J connectivity index is 1.94. The summed E-state index contributed by atoms with van der Waals surface area (Å²) in [6, 6.07) is 17.1. The molecule has 7 nitrogen and oxygen atoms in total. The van der Waals surface area contributed by atoms with Crippen molar-refractivity contribution < 1.29 is 18.0 Å². The number of nitrogens with zero attached hydrogens (tertiary/aromatic N) is 1. The molecule has 0 heterocycles. The van der Waals surface area contributed by atoms with E-state index in [0.29, 0.717) is 0 Å². The Hall–Kier alpha value is -3.07. The van der Waals surface area contributed by atoms with Crippen LogP contribution in [0.3, 0.4) is 0 Å². The molecule has 0 saturated heterocycles. The second-order valence-corrected chi connectivity index (χ2v) is 11.0. The molecule has 1 atom stereocenters. The molecule has 0 aromatic heterocycles. The van der Waals surface area contributed by atoms with Gasteiger partial charge in [-0.3, -0.25) is 13.9 Å². The molecule has 3 aromatic carbocycles. The highest BCUT2D eigenvalue weighted by atomic mass is 35.5. The molecule has 0 aliphatic carbocycles. The number of nitrogens with one attached hydrogen (secondary N) is 2. The Morgan fingerprint density at radius 2 is 1.64 bits per heavy atom. The van der Waals surface area contributed by atoms with Crippen LogP contribution in [0.5, 0.6) is 0 Å². The summed E-state index contributed by atoms with van der Waals surface area (Å²) in [6.45, 7) is 5.11. The third-order valence-corrected chi connectivity index (χ3v) is 8.05. The molecule has 0 unspecified atom stereocenters. The maximum atomic E-state index is 13.6. The van der Waals surface area contributed by atoms with Gasteiger partial charge < -0.3 is 10.6 Å². The molecule has 2 N–H and O–H groups in total. The molecule has 190 valence electrons. The van der Waals surface area contributed by atoms with Crippen molar-refractivity contribution in [2.24, 2.45) is 0 Å². The minimum absolute atomic E-state index is 0.0142. The molecule has 0 spiro atoms. The van der Waals surface area contributed by atoms with Crippen LogP contribution in [0.15, 0.2) is 71.6 Å². The summed E-state index contributed by atoms with van der Waals surface area (Å²) in [6.07, 6.45) is 0.746. The number of carbonyl (C=O) groups excluding carboxylic acids is 2. The van der Waals surface area contributed by atoms with Crippen LogP contribution < -0.4 is 14.9 Å². The summed E-state index contributed by atoms with van der Waals surface area (Å²) >= 11 is 12.2. The number of anilines is 2. The highest BCUT2D eigenvalue weighted by Gasteiger charge is 2.28. The molecule has 10 heteroatoms. The number of rotatable bonds is 9. The van der Waals surface area contributed by atoms with Crippen molar-refractivity contribution in [1.29, 1.82) is 0 Å². The van der Waals surface area contributed by atoms with E-state index in [1.807, 2.05) is 20.8 Å². The van der Waals surface area contributed by atoms with Gasteiger partial charge in [0, 0.05) is 6.04 Å². The van der Waals surface area contributed by atoms with Crippen LogP contribution in [0, 0.1) is 6.92 Å². The molecule has 0 fully saturated rings. The zero-order chi connectivity index (χ0) is 26.5. The third-order valence-electron chi connectivity index (χ3n) is 5.52. The highest BCUT2D eigenvalue weighted by molar-refractivity contribution is 7.92. The number of carbonyl (C=O) groups is 2. The minimum atomic E-state index is -4.14. The van der Waals surface area contributed by atoms with Gasteiger partial charge in [-0.2, -0.15) is 0 Å². The van der Waals surface area contributed by atoms with Gasteiger partial charge >= 0.3 is 0 Å². The van der Waals surface area contributed by atoms with Gasteiger partial charge in [-0.05, 0) is 62.7 Å². The number of halogens is 2. The first kappa shape index (κ1) is 27.5. The normalized spacial score (nSPS) is 12.0. The number of sulfonamides is 1. The van der Waals surface area contributed by atoms with E-state index < -0.39 is 22.5 Å². The van der Waals surface area contributed by atoms with E-state index in [1.54, 1.807) is 36.4 Å². The fourth-order valence-electron chi connectivity index (χ4n) is 3.31. The summed E-state index contributed by atoms with van der Waals surface area (Å²) in [4.78, 5) is 25.8. The minimum Gasteiger partial charge on any atom is -0.350 e. The number of hydrogen-bond acceptors (Lipinski definition) is 4. The molecule has 0 aliphatic rings. The average Bonchev–Trinajstić information content (AvgIpc) is 2.84. The Kier molecular flexibility index (Phi) is 9.00. The van der Waals surface area contributed by atoms with Crippen LogP contribution in [0.25, 0.3) is 0 Å². The zero-order valence-corrected chi connectivity index (χ0v) is 22.4. The van der Waals surface area contributed by atoms with Crippen molar-refractivity contribution in [2.45, 2.75) is 38.1 Å². The largest absolute Gasteiger partial charge is 0.350 e. The predicted molar refractivity (Wildman–Crippen MR) is 144 cm³/mol. The topological polar surface area (TPSA) is 95.6 Å². The Bertz CT molecular complexity index is 1360. The van der Waals surface area contributed by atoms with Crippen molar-refractivity contribution in [3.05, 3.63) is 87.9 Å². The van der Waals surface area contributed by atoms with Gasteiger partial charge in [0.2, 0.25) is 5.91 Å². The van der Waals surface area contributed by atoms with Gasteiger partial charge in [0.25, 0.3) is 15.9 Å². The first-order valence-corrected chi connectivity index (χ1v) is 13.5. The van der Waals surface area contributed by atoms with Crippen molar-refractivity contribution in [2.75, 3.05) is 16.2 Å². The van der Waals surface area contributed by atoms with Crippen molar-refractivity contribution >= 4 is 56.4 Å². The van der Waals surface area contributed by atoms with E-state index >= 15 is 0 Å². The lowest BCUT2D eigenvalue weighted by atomic mass is 10.1. The molecular formula is C26H27Cl2N3O4S. The highest BCUT2D eigenvalue weighted by Crippen LogP contribution is 2.30. The maximum absolute atomic E-state index is 13.6. The van der Waals surface area contributed by atoms with E-state index in [0.717, 1.165) is 16.3 Å². The van der Waals surface area contributed by atoms with E-state index in [-0.39, 0.29) is 43.8 Å². The number of amides is 2. The molecule has 3 rings (SSSR count). The van der Waals surface area contributed by atoms with E-state index in [4.69, 9.17) is 23.2 Å². The van der Waals surface area contributed by atoms with Gasteiger partial charge in [0.1, 0.15) is 6.54 Å². The Labute approximate surface area is 221 Å². The summed E-state index contributed by atoms with van der Waals surface area (Å²) < 4.78 is 28.1. The smallest absolute Gasteiger partial charge is 0.264 e. The van der Waals surface area contributed by atoms with E-state index in [9.17, 15) is 18.0 Å². The van der Waals surface area contributed by atoms with Gasteiger partial charge in [-0.15, -0.1) is 0 Å². The molecule has 0 aliphatic heterocycles. The molecule has 3 aromatic rings. The van der Waals surface area contributed by atoms with Gasteiger partial charge in [0.05, 0.1) is 31.9 Å². The van der Waals surface area contributed by atoms with Crippen LogP contribution in [0.4, 0.5) is 11.4 Å². The van der Waals surface area contributed by atoms with Crippen LogP contribution in [0.1, 0.15) is 36.2 Å². The number of aryl methyl sites for hydroxylation is 1. The molecule has 0 bridgehead atoms. The Morgan fingerprint density at radius 3 is 2.28 bits per heavy atom. The molecule has 2 amide bonds. The SMILES string of the molecule is CC[C@H](C)NC(=O)c1ccccc1NC(=O)CN(c1ccc(Cl)c(Cl)c1)S(=O)(=O)c1ccc(C)cc1. The number of para-hydroxylation sites is 1. The van der Waals surface area contributed by atoms with Crippen molar-refractivity contribution in [3.8, 4) is 0 Å². The zero-order valence-electron chi connectivity index (χ0n) is 20.1. The van der Waals surface area contributed by atoms with Gasteiger partial charge in [-0.1, -0.05) is 60.0 Å². The summed E-state index contributed by atoms with van der Waals surface area (Å²) in [5.41, 5.74) is 1.60. The van der Waals surface area contributed by atoms with Gasteiger partial charge in [0.15, 0.2) is 0 Å².